The average molecular weight is 297 g/mol. The Morgan fingerprint density at radius 3 is 2.40 bits per heavy atom. The normalized spacial score (nSPS) is 13.5. The van der Waals surface area contributed by atoms with Crippen LogP contribution in [-0.2, 0) is 4.79 Å². The Bertz CT molecular complexity index is 564. The number of carbonyl (C=O) groups is 1. The van der Waals surface area contributed by atoms with E-state index in [9.17, 15) is 4.79 Å². The summed E-state index contributed by atoms with van der Waals surface area (Å²) >= 11 is 6.03. The molecule has 1 heterocycles. The Morgan fingerprint density at radius 1 is 1.25 bits per heavy atom. The smallest absolute Gasteiger partial charge is 0.251 e. The Kier molecular flexibility index (Phi) is 4.52. The number of hydrogen-bond acceptors (Lipinski definition) is 4. The molecule has 1 aromatic rings. The molecule has 0 radical (unpaired) electrons. The van der Waals surface area contributed by atoms with Crippen molar-refractivity contribution in [3.63, 3.8) is 0 Å². The standard InChI is InChI=1S/C14H17ClN2O3/c1-8(9-6-16-7-9)14(18)17-11-5-12(19-2)10(15)4-13(11)20-3/h4-5,16H,6-7H2,1-3H3,(H,17,18). The van der Waals surface area contributed by atoms with Crippen molar-refractivity contribution in [2.24, 2.45) is 0 Å². The van der Waals surface area contributed by atoms with Gasteiger partial charge in [-0.2, -0.15) is 0 Å². The zero-order valence-electron chi connectivity index (χ0n) is 11.7. The number of rotatable bonds is 4. The highest BCUT2D eigenvalue weighted by Gasteiger charge is 2.18. The molecular formula is C14H17ClN2O3. The molecule has 0 saturated carbocycles. The second kappa shape index (κ2) is 6.15. The number of carbonyl (C=O) groups excluding carboxylic acids is 1. The van der Waals surface area contributed by atoms with Crippen LogP contribution in [0.15, 0.2) is 23.3 Å². The first-order valence-electron chi connectivity index (χ1n) is 6.19. The van der Waals surface area contributed by atoms with E-state index in [2.05, 4.69) is 10.6 Å². The summed E-state index contributed by atoms with van der Waals surface area (Å²) in [7, 11) is 3.04. The first kappa shape index (κ1) is 14.7. The van der Waals surface area contributed by atoms with Gasteiger partial charge in [0.05, 0.1) is 24.9 Å². The monoisotopic (exact) mass is 296 g/mol. The second-order valence-corrected chi connectivity index (χ2v) is 4.88. The van der Waals surface area contributed by atoms with Crippen LogP contribution in [0.1, 0.15) is 6.92 Å². The summed E-state index contributed by atoms with van der Waals surface area (Å²) in [5.41, 5.74) is 2.37. The second-order valence-electron chi connectivity index (χ2n) is 4.47. The third-order valence-electron chi connectivity index (χ3n) is 3.27. The van der Waals surface area contributed by atoms with Crippen LogP contribution in [0.25, 0.3) is 0 Å². The van der Waals surface area contributed by atoms with Crippen LogP contribution >= 0.6 is 11.6 Å². The Balaban J connectivity index is 2.26. The van der Waals surface area contributed by atoms with Gasteiger partial charge in [-0.05, 0) is 12.5 Å². The van der Waals surface area contributed by atoms with Crippen LogP contribution in [0.2, 0.25) is 5.02 Å². The van der Waals surface area contributed by atoms with E-state index in [1.165, 1.54) is 14.2 Å². The number of nitrogens with one attached hydrogen (secondary N) is 2. The minimum atomic E-state index is -0.149. The lowest BCUT2D eigenvalue weighted by molar-refractivity contribution is -0.112. The van der Waals surface area contributed by atoms with Crippen molar-refractivity contribution < 1.29 is 14.3 Å². The molecule has 1 amide bonds. The quantitative estimate of drug-likeness (QED) is 0.837. The van der Waals surface area contributed by atoms with Crippen molar-refractivity contribution in [2.45, 2.75) is 6.92 Å². The van der Waals surface area contributed by atoms with Gasteiger partial charge in [-0.1, -0.05) is 11.6 Å². The number of amides is 1. The maximum absolute atomic E-state index is 12.2. The predicted molar refractivity (Wildman–Crippen MR) is 78.8 cm³/mol. The SMILES string of the molecule is COc1cc(NC(=O)C(C)=C2CNC2)c(OC)cc1Cl. The van der Waals surface area contributed by atoms with Gasteiger partial charge in [-0.25, -0.2) is 0 Å². The van der Waals surface area contributed by atoms with E-state index < -0.39 is 0 Å². The molecule has 1 aliphatic heterocycles. The summed E-state index contributed by atoms with van der Waals surface area (Å²) in [5, 5.41) is 6.36. The lowest BCUT2D eigenvalue weighted by Gasteiger charge is -2.22. The van der Waals surface area contributed by atoms with Crippen molar-refractivity contribution in [1.82, 2.24) is 5.32 Å². The number of benzene rings is 1. The molecule has 1 fully saturated rings. The van der Waals surface area contributed by atoms with Gasteiger partial charge in [0.1, 0.15) is 11.5 Å². The highest BCUT2D eigenvalue weighted by molar-refractivity contribution is 6.32. The summed E-state index contributed by atoms with van der Waals surface area (Å²) in [5.74, 6) is 0.830. The Labute approximate surface area is 122 Å². The zero-order valence-corrected chi connectivity index (χ0v) is 12.4. The molecule has 0 unspecified atom stereocenters. The van der Waals surface area contributed by atoms with Crippen molar-refractivity contribution in [2.75, 3.05) is 32.6 Å². The van der Waals surface area contributed by atoms with Gasteiger partial charge in [-0.15, -0.1) is 0 Å². The molecule has 0 spiro atoms. The minimum absolute atomic E-state index is 0.149. The summed E-state index contributed by atoms with van der Waals surface area (Å²) in [6.07, 6.45) is 0. The number of anilines is 1. The Morgan fingerprint density at radius 2 is 1.90 bits per heavy atom. The lowest BCUT2D eigenvalue weighted by Crippen LogP contribution is -2.36. The molecule has 108 valence electrons. The molecule has 0 bridgehead atoms. The lowest BCUT2D eigenvalue weighted by atomic mass is 10.0. The first-order chi connectivity index (χ1) is 9.56. The fourth-order valence-corrected chi connectivity index (χ4v) is 2.08. The highest BCUT2D eigenvalue weighted by atomic mass is 35.5. The molecule has 5 nitrogen and oxygen atoms in total. The molecule has 2 N–H and O–H groups in total. The summed E-state index contributed by atoms with van der Waals surface area (Å²) < 4.78 is 10.4. The fraction of sp³-hybridized carbons (Fsp3) is 0.357. The summed E-state index contributed by atoms with van der Waals surface area (Å²) in [6, 6.07) is 3.26. The van der Waals surface area contributed by atoms with E-state index in [-0.39, 0.29) is 5.91 Å². The topological polar surface area (TPSA) is 59.6 Å². The molecule has 0 aromatic heterocycles. The molecule has 0 aliphatic carbocycles. The van der Waals surface area contributed by atoms with Crippen molar-refractivity contribution in [3.8, 4) is 11.5 Å². The summed E-state index contributed by atoms with van der Waals surface area (Å²) in [4.78, 5) is 12.2. The minimum Gasteiger partial charge on any atom is -0.495 e. The first-order valence-corrected chi connectivity index (χ1v) is 6.56. The van der Waals surface area contributed by atoms with E-state index in [0.717, 1.165) is 24.2 Å². The number of hydrogen-bond donors (Lipinski definition) is 2. The van der Waals surface area contributed by atoms with Gasteiger partial charge in [0.15, 0.2) is 0 Å². The van der Waals surface area contributed by atoms with Crippen LogP contribution in [0, 0.1) is 0 Å². The number of ether oxygens (including phenoxy) is 2. The van der Waals surface area contributed by atoms with Gasteiger partial charge < -0.3 is 20.1 Å². The molecule has 2 rings (SSSR count). The third kappa shape index (κ3) is 2.89. The van der Waals surface area contributed by atoms with Gasteiger partial charge in [0.2, 0.25) is 0 Å². The van der Waals surface area contributed by atoms with Gasteiger partial charge in [0, 0.05) is 30.8 Å². The van der Waals surface area contributed by atoms with Crippen molar-refractivity contribution in [1.29, 1.82) is 0 Å². The molecule has 1 aromatic carbocycles. The number of halogens is 1. The Hall–Kier alpha value is -1.72. The molecule has 6 heteroatoms. The molecule has 0 atom stereocenters. The largest absolute Gasteiger partial charge is 0.495 e. The van der Waals surface area contributed by atoms with Crippen molar-refractivity contribution >= 4 is 23.2 Å². The maximum atomic E-state index is 12.2. The van der Waals surface area contributed by atoms with Crippen LogP contribution in [0.4, 0.5) is 5.69 Å². The highest BCUT2D eigenvalue weighted by Crippen LogP contribution is 2.36. The molecule has 1 aliphatic rings. The average Bonchev–Trinajstić information content (AvgIpc) is 2.38. The maximum Gasteiger partial charge on any atom is 0.251 e. The molecule has 20 heavy (non-hydrogen) atoms. The van der Waals surface area contributed by atoms with Gasteiger partial charge in [-0.3, -0.25) is 4.79 Å². The third-order valence-corrected chi connectivity index (χ3v) is 3.57. The van der Waals surface area contributed by atoms with E-state index in [1.54, 1.807) is 12.1 Å². The van der Waals surface area contributed by atoms with Crippen molar-refractivity contribution in [3.05, 3.63) is 28.3 Å². The van der Waals surface area contributed by atoms with Crippen LogP contribution in [0.5, 0.6) is 11.5 Å². The van der Waals surface area contributed by atoms with Crippen LogP contribution in [0.3, 0.4) is 0 Å². The fourth-order valence-electron chi connectivity index (χ4n) is 1.85. The molecule has 1 saturated heterocycles. The van der Waals surface area contributed by atoms with E-state index >= 15 is 0 Å². The van der Waals surface area contributed by atoms with Crippen LogP contribution in [-0.4, -0.2) is 33.2 Å². The van der Waals surface area contributed by atoms with Gasteiger partial charge in [0.25, 0.3) is 5.91 Å². The van der Waals surface area contributed by atoms with Crippen LogP contribution < -0.4 is 20.1 Å². The summed E-state index contributed by atoms with van der Waals surface area (Å²) in [6.45, 7) is 3.34. The number of methoxy groups -OCH3 is 2. The van der Waals surface area contributed by atoms with E-state index in [4.69, 9.17) is 21.1 Å². The molecular weight excluding hydrogens is 280 g/mol. The van der Waals surface area contributed by atoms with E-state index in [1.807, 2.05) is 6.92 Å². The van der Waals surface area contributed by atoms with Gasteiger partial charge >= 0.3 is 0 Å². The predicted octanol–water partition coefficient (Wildman–Crippen LogP) is 2.22. The zero-order chi connectivity index (χ0) is 14.7. The van der Waals surface area contributed by atoms with E-state index in [0.29, 0.717) is 22.2 Å².